The van der Waals surface area contributed by atoms with Crippen LogP contribution in [0.15, 0.2) is 24.3 Å². The van der Waals surface area contributed by atoms with Crippen LogP contribution in [0.3, 0.4) is 0 Å². The normalized spacial score (nSPS) is 12.4. The minimum Gasteiger partial charge on any atom is -0.371 e. The number of rotatable bonds is 7. The first kappa shape index (κ1) is 16.3. The molecule has 19 heavy (non-hydrogen) atoms. The molecule has 0 atom stereocenters. The summed E-state index contributed by atoms with van der Waals surface area (Å²) < 4.78 is 29.9. The van der Waals surface area contributed by atoms with E-state index in [-0.39, 0.29) is 24.4 Å². The van der Waals surface area contributed by atoms with E-state index in [1.165, 1.54) is 12.1 Å². The van der Waals surface area contributed by atoms with Gasteiger partial charge in [-0.3, -0.25) is 0 Å². The SMILES string of the molecule is CC(C)OC(Cc1cccc(F)c1)(O[Si])OC(C)C. The molecule has 0 spiro atoms. The Morgan fingerprint density at radius 3 is 2.16 bits per heavy atom. The molecular formula is C14H20FO3Si. The highest BCUT2D eigenvalue weighted by Gasteiger charge is 2.34. The van der Waals surface area contributed by atoms with Crippen molar-refractivity contribution in [1.29, 1.82) is 0 Å². The lowest BCUT2D eigenvalue weighted by Crippen LogP contribution is -2.44. The first-order chi connectivity index (χ1) is 8.87. The highest BCUT2D eigenvalue weighted by molar-refractivity contribution is 5.98. The van der Waals surface area contributed by atoms with E-state index in [1.54, 1.807) is 12.1 Å². The number of halogens is 1. The second kappa shape index (κ2) is 7.14. The quantitative estimate of drug-likeness (QED) is 0.569. The predicted octanol–water partition coefficient (Wildman–Crippen LogP) is 2.97. The molecule has 1 rings (SSSR count). The van der Waals surface area contributed by atoms with Crippen molar-refractivity contribution in [2.75, 3.05) is 0 Å². The van der Waals surface area contributed by atoms with Crippen molar-refractivity contribution < 1.29 is 18.3 Å². The van der Waals surface area contributed by atoms with Crippen LogP contribution in [0.1, 0.15) is 33.3 Å². The lowest BCUT2D eigenvalue weighted by Gasteiger charge is -2.35. The molecule has 1 aromatic carbocycles. The third-order valence-electron chi connectivity index (χ3n) is 2.30. The fourth-order valence-electron chi connectivity index (χ4n) is 1.81. The fraction of sp³-hybridized carbons (Fsp3) is 0.571. The monoisotopic (exact) mass is 283 g/mol. The zero-order chi connectivity index (χ0) is 14.5. The molecule has 0 unspecified atom stereocenters. The average Bonchev–Trinajstić information content (AvgIpc) is 2.26. The van der Waals surface area contributed by atoms with Crippen LogP contribution >= 0.6 is 0 Å². The Labute approximate surface area is 117 Å². The molecule has 0 saturated heterocycles. The van der Waals surface area contributed by atoms with Crippen molar-refractivity contribution in [2.45, 2.75) is 52.3 Å². The molecule has 0 N–H and O–H groups in total. The minimum absolute atomic E-state index is 0.0938. The van der Waals surface area contributed by atoms with E-state index < -0.39 is 5.97 Å². The molecule has 5 heteroatoms. The van der Waals surface area contributed by atoms with Crippen molar-refractivity contribution >= 4 is 10.5 Å². The third-order valence-corrected chi connectivity index (χ3v) is 2.61. The number of hydrogen-bond acceptors (Lipinski definition) is 3. The maximum atomic E-state index is 13.2. The van der Waals surface area contributed by atoms with Crippen molar-refractivity contribution in [2.24, 2.45) is 0 Å². The number of hydrogen-bond donors (Lipinski definition) is 0. The Morgan fingerprint density at radius 1 is 1.16 bits per heavy atom. The molecule has 0 heterocycles. The first-order valence-corrected chi connectivity index (χ1v) is 6.72. The zero-order valence-electron chi connectivity index (χ0n) is 11.8. The van der Waals surface area contributed by atoms with Crippen LogP contribution < -0.4 is 0 Å². The summed E-state index contributed by atoms with van der Waals surface area (Å²) in [7, 11) is 3.02. The van der Waals surface area contributed by atoms with E-state index in [0.29, 0.717) is 0 Å². The van der Waals surface area contributed by atoms with Gasteiger partial charge in [-0.1, -0.05) is 12.1 Å². The molecule has 0 aromatic heterocycles. The van der Waals surface area contributed by atoms with Crippen LogP contribution in [0.2, 0.25) is 0 Å². The first-order valence-electron chi connectivity index (χ1n) is 6.31. The van der Waals surface area contributed by atoms with Gasteiger partial charge in [-0.2, -0.15) is 0 Å². The van der Waals surface area contributed by atoms with Crippen molar-refractivity contribution in [3.05, 3.63) is 35.6 Å². The van der Waals surface area contributed by atoms with Crippen LogP contribution in [0.5, 0.6) is 0 Å². The van der Waals surface area contributed by atoms with Crippen molar-refractivity contribution in [3.63, 3.8) is 0 Å². The Hall–Kier alpha value is -0.753. The molecule has 0 aliphatic heterocycles. The van der Waals surface area contributed by atoms with Gasteiger partial charge in [0, 0.05) is 0 Å². The van der Waals surface area contributed by atoms with E-state index in [0.717, 1.165) is 5.56 Å². The standard InChI is InChI=1S/C14H20FO3Si/c1-10(2)16-14(18-19,17-11(3)4)9-12-6-5-7-13(15)8-12/h5-8,10-11H,9H2,1-4H3. The van der Waals surface area contributed by atoms with E-state index in [4.69, 9.17) is 13.9 Å². The highest BCUT2D eigenvalue weighted by Crippen LogP contribution is 2.24. The van der Waals surface area contributed by atoms with Gasteiger partial charge < -0.3 is 13.9 Å². The van der Waals surface area contributed by atoms with Gasteiger partial charge in [0.15, 0.2) is 0 Å². The summed E-state index contributed by atoms with van der Waals surface area (Å²) in [6.07, 6.45) is 0.0947. The molecule has 0 saturated carbocycles. The molecule has 3 nitrogen and oxygen atoms in total. The van der Waals surface area contributed by atoms with Crippen molar-refractivity contribution in [1.82, 2.24) is 0 Å². The van der Waals surface area contributed by atoms with Crippen LogP contribution in [0, 0.1) is 5.82 Å². The van der Waals surface area contributed by atoms with Gasteiger partial charge in [0.05, 0.1) is 18.6 Å². The molecule has 0 aliphatic rings. The number of benzene rings is 1. The molecule has 105 valence electrons. The molecule has 0 amide bonds. The van der Waals surface area contributed by atoms with E-state index in [9.17, 15) is 4.39 Å². The summed E-state index contributed by atoms with van der Waals surface area (Å²) in [4.78, 5) is 0. The van der Waals surface area contributed by atoms with Gasteiger partial charge in [0.1, 0.15) is 5.82 Å². The molecule has 0 bridgehead atoms. The number of ether oxygens (including phenoxy) is 2. The molecule has 0 fully saturated rings. The van der Waals surface area contributed by atoms with Gasteiger partial charge in [0.2, 0.25) is 0 Å². The van der Waals surface area contributed by atoms with Crippen molar-refractivity contribution in [3.8, 4) is 0 Å². The largest absolute Gasteiger partial charge is 0.371 e. The van der Waals surface area contributed by atoms with Crippen LogP contribution in [-0.2, 0) is 20.3 Å². The molecule has 0 aliphatic carbocycles. The van der Waals surface area contributed by atoms with Gasteiger partial charge in [-0.05, 0) is 45.4 Å². The maximum Gasteiger partial charge on any atom is 0.277 e. The second-order valence-corrected chi connectivity index (χ2v) is 5.13. The topological polar surface area (TPSA) is 27.7 Å². The summed E-state index contributed by atoms with van der Waals surface area (Å²) >= 11 is 0. The van der Waals surface area contributed by atoms with Gasteiger partial charge in [-0.25, -0.2) is 4.39 Å². The Morgan fingerprint density at radius 2 is 1.74 bits per heavy atom. The van der Waals surface area contributed by atoms with Crippen LogP contribution in [0.25, 0.3) is 0 Å². The third kappa shape index (κ3) is 5.40. The Balaban J connectivity index is 2.94. The molecule has 3 radical (unpaired) electrons. The predicted molar refractivity (Wildman–Crippen MR) is 72.1 cm³/mol. The Bertz CT molecular complexity index is 386. The molecular weight excluding hydrogens is 263 g/mol. The lowest BCUT2D eigenvalue weighted by molar-refractivity contribution is -0.365. The summed E-state index contributed by atoms with van der Waals surface area (Å²) in [5.41, 5.74) is 0.736. The lowest BCUT2D eigenvalue weighted by atomic mass is 10.1. The van der Waals surface area contributed by atoms with E-state index in [2.05, 4.69) is 10.5 Å². The molecule has 1 aromatic rings. The van der Waals surface area contributed by atoms with Gasteiger partial charge in [-0.15, -0.1) is 0 Å². The van der Waals surface area contributed by atoms with E-state index in [1.807, 2.05) is 27.7 Å². The highest BCUT2D eigenvalue weighted by atomic mass is 28.2. The second-order valence-electron chi connectivity index (χ2n) is 4.92. The fourth-order valence-corrected chi connectivity index (χ4v) is 1.98. The average molecular weight is 283 g/mol. The van der Waals surface area contributed by atoms with Crippen LogP contribution in [-0.4, -0.2) is 28.7 Å². The summed E-state index contributed by atoms with van der Waals surface area (Å²) in [5.74, 6) is -1.57. The van der Waals surface area contributed by atoms with Crippen LogP contribution in [0.4, 0.5) is 4.39 Å². The summed E-state index contributed by atoms with van der Waals surface area (Å²) in [5, 5.41) is 0. The van der Waals surface area contributed by atoms with Gasteiger partial charge >= 0.3 is 0 Å². The van der Waals surface area contributed by atoms with E-state index >= 15 is 0 Å². The van der Waals surface area contributed by atoms with Gasteiger partial charge in [0.25, 0.3) is 16.5 Å². The Kier molecular flexibility index (Phi) is 6.13. The maximum absolute atomic E-state index is 13.2. The summed E-state index contributed by atoms with van der Waals surface area (Å²) in [6, 6.07) is 6.28. The zero-order valence-corrected chi connectivity index (χ0v) is 12.8. The minimum atomic E-state index is -1.27. The summed E-state index contributed by atoms with van der Waals surface area (Å²) in [6.45, 7) is 7.54. The smallest absolute Gasteiger partial charge is 0.277 e.